The summed E-state index contributed by atoms with van der Waals surface area (Å²) in [4.78, 5) is 12.5. The summed E-state index contributed by atoms with van der Waals surface area (Å²) in [5.41, 5.74) is 1.32. The Balaban J connectivity index is 1.86. The molecule has 2 nitrogen and oxygen atoms in total. The summed E-state index contributed by atoms with van der Waals surface area (Å²) >= 11 is 0. The normalized spacial score (nSPS) is 12.9. The predicted octanol–water partition coefficient (Wildman–Crippen LogP) is 7.05. The Bertz CT molecular complexity index is 729. The molecule has 0 aliphatic carbocycles. The highest BCUT2D eigenvalue weighted by atomic mass is 16.1. The Morgan fingerprint density at radius 1 is 0.893 bits per heavy atom. The third kappa shape index (κ3) is 7.66. The van der Waals surface area contributed by atoms with Crippen LogP contribution in [-0.2, 0) is 11.2 Å². The number of hydrogen-bond acceptors (Lipinski definition) is 1. The van der Waals surface area contributed by atoms with Crippen molar-refractivity contribution in [2.75, 3.05) is 0 Å². The van der Waals surface area contributed by atoms with E-state index in [1.807, 2.05) is 0 Å². The quantitative estimate of drug-likeness (QED) is 0.415. The molecule has 0 spiro atoms. The maximum absolute atomic E-state index is 12.5. The molecule has 0 saturated carbocycles. The Morgan fingerprint density at radius 2 is 1.54 bits per heavy atom. The zero-order valence-electron chi connectivity index (χ0n) is 18.4. The molecule has 0 aliphatic rings. The van der Waals surface area contributed by atoms with Crippen molar-refractivity contribution in [2.45, 2.75) is 91.5 Å². The molecule has 28 heavy (non-hydrogen) atoms. The van der Waals surface area contributed by atoms with Gasteiger partial charge in [0.05, 0.1) is 0 Å². The topological polar surface area (TPSA) is 29.1 Å². The van der Waals surface area contributed by atoms with Crippen LogP contribution in [0.3, 0.4) is 0 Å². The van der Waals surface area contributed by atoms with Crippen LogP contribution in [0, 0.1) is 5.41 Å². The third-order valence-corrected chi connectivity index (χ3v) is 5.64. The number of unbranched alkanes of at least 4 members (excludes halogenated alkanes) is 6. The largest absolute Gasteiger partial charge is 0.353 e. The van der Waals surface area contributed by atoms with E-state index >= 15 is 0 Å². The first-order chi connectivity index (χ1) is 13.4. The lowest BCUT2D eigenvalue weighted by molar-refractivity contribution is -0.122. The second-order valence-corrected chi connectivity index (χ2v) is 9.24. The highest BCUT2D eigenvalue weighted by Crippen LogP contribution is 2.25. The molecule has 0 unspecified atom stereocenters. The van der Waals surface area contributed by atoms with Crippen molar-refractivity contribution in [3.05, 3.63) is 48.0 Å². The second-order valence-electron chi connectivity index (χ2n) is 9.24. The van der Waals surface area contributed by atoms with E-state index in [-0.39, 0.29) is 17.4 Å². The van der Waals surface area contributed by atoms with Gasteiger partial charge in [0.25, 0.3) is 0 Å². The Labute approximate surface area is 172 Å². The van der Waals surface area contributed by atoms with Crippen LogP contribution in [0.5, 0.6) is 0 Å². The average molecular weight is 382 g/mol. The highest BCUT2D eigenvalue weighted by Gasteiger charge is 2.26. The van der Waals surface area contributed by atoms with Crippen molar-refractivity contribution in [1.82, 2.24) is 5.32 Å². The van der Waals surface area contributed by atoms with E-state index < -0.39 is 0 Å². The van der Waals surface area contributed by atoms with Crippen molar-refractivity contribution in [1.29, 1.82) is 0 Å². The molecular weight excluding hydrogens is 342 g/mol. The molecular formula is C26H39NO. The molecule has 0 radical (unpaired) electrons. The summed E-state index contributed by atoms with van der Waals surface area (Å²) in [5.74, 6) is 0.203. The molecule has 2 aromatic carbocycles. The SMILES string of the molecule is CCCCCCCCCC(=O)N[C@@H](Cc1ccc2ccccc2c1)C(C)(C)C. The summed E-state index contributed by atoms with van der Waals surface area (Å²) in [6.45, 7) is 8.89. The van der Waals surface area contributed by atoms with Crippen molar-refractivity contribution in [3.63, 3.8) is 0 Å². The lowest BCUT2D eigenvalue weighted by Crippen LogP contribution is -2.45. The molecule has 0 aliphatic heterocycles. The first kappa shape index (κ1) is 22.5. The lowest BCUT2D eigenvalue weighted by atomic mass is 9.82. The van der Waals surface area contributed by atoms with Crippen molar-refractivity contribution >= 4 is 16.7 Å². The van der Waals surface area contributed by atoms with Gasteiger partial charge in [-0.3, -0.25) is 4.79 Å². The molecule has 1 amide bonds. The van der Waals surface area contributed by atoms with Crippen LogP contribution in [0.2, 0.25) is 0 Å². The zero-order valence-corrected chi connectivity index (χ0v) is 18.4. The van der Waals surface area contributed by atoms with Crippen molar-refractivity contribution in [3.8, 4) is 0 Å². The number of carbonyl (C=O) groups excluding carboxylic acids is 1. The van der Waals surface area contributed by atoms with Gasteiger partial charge in [-0.15, -0.1) is 0 Å². The molecule has 2 rings (SSSR count). The van der Waals surface area contributed by atoms with E-state index in [1.165, 1.54) is 54.9 Å². The smallest absolute Gasteiger partial charge is 0.220 e. The Kier molecular flexibility index (Phi) is 9.02. The van der Waals surface area contributed by atoms with Crippen LogP contribution in [0.4, 0.5) is 0 Å². The van der Waals surface area contributed by atoms with Gasteiger partial charge in [-0.2, -0.15) is 0 Å². The van der Waals surface area contributed by atoms with Crippen molar-refractivity contribution < 1.29 is 4.79 Å². The maximum Gasteiger partial charge on any atom is 0.220 e. The number of rotatable bonds is 11. The number of benzene rings is 2. The number of fused-ring (bicyclic) bond motifs is 1. The fraction of sp³-hybridized carbons (Fsp3) is 0.577. The zero-order chi connectivity index (χ0) is 20.4. The van der Waals surface area contributed by atoms with Gasteiger partial charge in [0.15, 0.2) is 0 Å². The number of amides is 1. The van der Waals surface area contributed by atoms with E-state index in [1.54, 1.807) is 0 Å². The fourth-order valence-electron chi connectivity index (χ4n) is 3.68. The molecule has 2 heteroatoms. The Hall–Kier alpha value is -1.83. The fourth-order valence-corrected chi connectivity index (χ4v) is 3.68. The van der Waals surface area contributed by atoms with Crippen LogP contribution >= 0.6 is 0 Å². The molecule has 1 N–H and O–H groups in total. The van der Waals surface area contributed by atoms with Gasteiger partial charge < -0.3 is 5.32 Å². The lowest BCUT2D eigenvalue weighted by Gasteiger charge is -2.32. The summed E-state index contributed by atoms with van der Waals surface area (Å²) < 4.78 is 0. The molecule has 1 atom stereocenters. The molecule has 0 bridgehead atoms. The molecule has 0 heterocycles. The van der Waals surface area contributed by atoms with E-state index in [0.717, 1.165) is 12.8 Å². The van der Waals surface area contributed by atoms with Crippen LogP contribution in [0.25, 0.3) is 10.8 Å². The maximum atomic E-state index is 12.5. The minimum atomic E-state index is 0.0292. The number of hydrogen-bond donors (Lipinski definition) is 1. The van der Waals surface area contributed by atoms with Crippen LogP contribution in [0.15, 0.2) is 42.5 Å². The van der Waals surface area contributed by atoms with Gasteiger partial charge in [-0.1, -0.05) is 109 Å². The Morgan fingerprint density at radius 3 is 2.21 bits per heavy atom. The van der Waals surface area contributed by atoms with Crippen LogP contribution < -0.4 is 5.32 Å². The third-order valence-electron chi connectivity index (χ3n) is 5.64. The van der Waals surface area contributed by atoms with Gasteiger partial charge in [0.1, 0.15) is 0 Å². The standard InChI is InChI=1S/C26H39NO/c1-5-6-7-8-9-10-11-16-25(28)27-24(26(2,3)4)20-21-17-18-22-14-12-13-15-23(22)19-21/h12-15,17-19,24H,5-11,16,20H2,1-4H3,(H,27,28)/t24-/m0/s1. The van der Waals surface area contributed by atoms with Crippen molar-refractivity contribution in [2.24, 2.45) is 5.41 Å². The van der Waals surface area contributed by atoms with Crippen LogP contribution in [0.1, 0.15) is 84.6 Å². The molecule has 154 valence electrons. The average Bonchev–Trinajstić information content (AvgIpc) is 2.66. The second kappa shape index (κ2) is 11.2. The van der Waals surface area contributed by atoms with Gasteiger partial charge >= 0.3 is 0 Å². The van der Waals surface area contributed by atoms with Crippen LogP contribution in [-0.4, -0.2) is 11.9 Å². The molecule has 2 aromatic rings. The summed E-state index contributed by atoms with van der Waals surface area (Å²) in [6, 6.07) is 15.2. The first-order valence-corrected chi connectivity index (χ1v) is 11.2. The number of nitrogens with one attached hydrogen (secondary N) is 1. The minimum absolute atomic E-state index is 0.0292. The van der Waals surface area contributed by atoms with Gasteiger partial charge in [-0.05, 0) is 34.6 Å². The van der Waals surface area contributed by atoms with Gasteiger partial charge in [-0.25, -0.2) is 0 Å². The highest BCUT2D eigenvalue weighted by molar-refractivity contribution is 5.83. The van der Waals surface area contributed by atoms with Gasteiger partial charge in [0, 0.05) is 12.5 Å². The minimum Gasteiger partial charge on any atom is -0.353 e. The molecule has 0 saturated heterocycles. The molecule has 0 aromatic heterocycles. The first-order valence-electron chi connectivity index (χ1n) is 11.2. The monoisotopic (exact) mass is 381 g/mol. The van der Waals surface area contributed by atoms with E-state index in [2.05, 4.69) is 75.5 Å². The predicted molar refractivity (Wildman–Crippen MR) is 122 cm³/mol. The van der Waals surface area contributed by atoms with Gasteiger partial charge in [0.2, 0.25) is 5.91 Å². The summed E-state index contributed by atoms with van der Waals surface area (Å²) in [5, 5.41) is 5.86. The molecule has 0 fully saturated rings. The number of carbonyl (C=O) groups is 1. The van der Waals surface area contributed by atoms with E-state index in [9.17, 15) is 4.79 Å². The summed E-state index contributed by atoms with van der Waals surface area (Å²) in [6.07, 6.45) is 10.2. The van der Waals surface area contributed by atoms with E-state index in [0.29, 0.717) is 6.42 Å². The summed E-state index contributed by atoms with van der Waals surface area (Å²) in [7, 11) is 0. The van der Waals surface area contributed by atoms with E-state index in [4.69, 9.17) is 0 Å².